The highest BCUT2D eigenvalue weighted by molar-refractivity contribution is 5.99. The third-order valence-electron chi connectivity index (χ3n) is 3.95. The van der Waals surface area contributed by atoms with Gasteiger partial charge in [0.25, 0.3) is 0 Å². The maximum absolute atomic E-state index is 11.9. The number of nitrogens with one attached hydrogen (secondary N) is 1. The molecule has 0 spiro atoms. The van der Waals surface area contributed by atoms with Crippen molar-refractivity contribution >= 4 is 11.8 Å². The van der Waals surface area contributed by atoms with Crippen LogP contribution in [0.1, 0.15) is 50.3 Å². The molecule has 0 aromatic carbocycles. The van der Waals surface area contributed by atoms with Gasteiger partial charge in [-0.05, 0) is 19.3 Å². The lowest BCUT2D eigenvalue weighted by Gasteiger charge is -2.29. The zero-order valence-corrected chi connectivity index (χ0v) is 10.4. The molecule has 2 atom stereocenters. The van der Waals surface area contributed by atoms with E-state index >= 15 is 0 Å². The van der Waals surface area contributed by atoms with E-state index in [0.717, 1.165) is 12.1 Å². The average molecular weight is 247 g/mol. The van der Waals surface area contributed by atoms with Crippen molar-refractivity contribution < 1.29 is 9.59 Å². The number of amides is 2. The van der Waals surface area contributed by atoms with Crippen molar-refractivity contribution in [3.05, 3.63) is 18.2 Å². The number of imide groups is 1. The Hall–Kier alpha value is -1.65. The number of hydrogen-bond donors (Lipinski definition) is 1. The minimum atomic E-state index is -0.168. The van der Waals surface area contributed by atoms with Crippen LogP contribution < -0.4 is 5.32 Å². The molecule has 2 aliphatic rings. The Morgan fingerprint density at radius 2 is 2.22 bits per heavy atom. The number of rotatable bonds is 3. The molecule has 18 heavy (non-hydrogen) atoms. The van der Waals surface area contributed by atoms with Crippen LogP contribution in [0, 0.1) is 5.92 Å². The van der Waals surface area contributed by atoms with Gasteiger partial charge in [-0.25, -0.2) is 4.98 Å². The lowest BCUT2D eigenvalue weighted by Crippen LogP contribution is -2.45. The highest BCUT2D eigenvalue weighted by Crippen LogP contribution is 2.40. The summed E-state index contributed by atoms with van der Waals surface area (Å²) in [5, 5.41) is 2.43. The largest absolute Gasteiger partial charge is 0.331 e. The zero-order valence-electron chi connectivity index (χ0n) is 10.4. The summed E-state index contributed by atoms with van der Waals surface area (Å²) in [5.74, 6) is -0.434. The number of carbonyl (C=O) groups excluding carboxylic acids is 2. The molecule has 1 N–H and O–H groups in total. The molecule has 1 saturated carbocycles. The van der Waals surface area contributed by atoms with E-state index in [1.165, 1.54) is 12.8 Å². The van der Waals surface area contributed by atoms with Crippen molar-refractivity contribution in [3.8, 4) is 0 Å². The van der Waals surface area contributed by atoms with E-state index in [1.807, 2.05) is 19.4 Å². The number of imidazole rings is 1. The van der Waals surface area contributed by atoms with E-state index in [2.05, 4.69) is 14.9 Å². The molecule has 1 aromatic rings. The van der Waals surface area contributed by atoms with Crippen molar-refractivity contribution in [2.45, 2.75) is 44.6 Å². The summed E-state index contributed by atoms with van der Waals surface area (Å²) in [4.78, 5) is 27.6. The van der Waals surface area contributed by atoms with Crippen molar-refractivity contribution in [2.75, 3.05) is 0 Å². The van der Waals surface area contributed by atoms with Crippen LogP contribution in [0.4, 0.5) is 0 Å². The van der Waals surface area contributed by atoms with Crippen LogP contribution in [0.2, 0.25) is 0 Å². The van der Waals surface area contributed by atoms with Crippen LogP contribution >= 0.6 is 0 Å². The van der Waals surface area contributed by atoms with E-state index in [9.17, 15) is 9.59 Å². The Bertz CT molecular complexity index is 490. The summed E-state index contributed by atoms with van der Waals surface area (Å²) >= 11 is 0. The third-order valence-corrected chi connectivity index (χ3v) is 3.95. The fraction of sp³-hybridized carbons (Fsp3) is 0.615. The predicted octanol–water partition coefficient (Wildman–Crippen LogP) is 1.37. The quantitative estimate of drug-likeness (QED) is 0.820. The molecular formula is C13H17N3O2. The molecule has 3 rings (SSSR count). The van der Waals surface area contributed by atoms with Crippen molar-refractivity contribution in [1.29, 1.82) is 0 Å². The fourth-order valence-electron chi connectivity index (χ4n) is 2.85. The van der Waals surface area contributed by atoms with Gasteiger partial charge in [0.2, 0.25) is 11.8 Å². The van der Waals surface area contributed by atoms with Gasteiger partial charge >= 0.3 is 0 Å². The second-order valence-electron chi connectivity index (χ2n) is 5.19. The lowest BCUT2D eigenvalue weighted by molar-refractivity contribution is -0.137. The molecule has 1 aromatic heterocycles. The van der Waals surface area contributed by atoms with Gasteiger partial charge in [-0.2, -0.15) is 0 Å². The summed E-state index contributed by atoms with van der Waals surface area (Å²) in [6.07, 6.45) is 7.14. The van der Waals surface area contributed by atoms with Crippen molar-refractivity contribution in [3.63, 3.8) is 0 Å². The van der Waals surface area contributed by atoms with Gasteiger partial charge in [-0.3, -0.25) is 14.9 Å². The van der Waals surface area contributed by atoms with Gasteiger partial charge < -0.3 is 4.57 Å². The van der Waals surface area contributed by atoms with Crippen LogP contribution in [-0.4, -0.2) is 21.4 Å². The Morgan fingerprint density at radius 1 is 1.44 bits per heavy atom. The molecule has 2 amide bonds. The molecule has 0 bridgehead atoms. The summed E-state index contributed by atoms with van der Waals surface area (Å²) < 4.78 is 2.15. The molecule has 0 radical (unpaired) electrons. The number of piperidine rings is 1. The van der Waals surface area contributed by atoms with Crippen molar-refractivity contribution in [2.24, 2.45) is 5.92 Å². The molecule has 2 fully saturated rings. The first-order chi connectivity index (χ1) is 8.70. The minimum Gasteiger partial charge on any atom is -0.331 e. The molecule has 2 heterocycles. The monoisotopic (exact) mass is 247 g/mol. The summed E-state index contributed by atoms with van der Waals surface area (Å²) in [6, 6.07) is 0.528. The molecule has 5 nitrogen and oxygen atoms in total. The number of nitrogens with zero attached hydrogens (tertiary/aromatic N) is 2. The first-order valence-corrected chi connectivity index (χ1v) is 6.56. The molecule has 2 unspecified atom stereocenters. The second-order valence-corrected chi connectivity index (χ2v) is 5.19. The standard InChI is InChI=1S/C13H17N3O2/c1-2-9-10(5-12(17)15-13(9)18)11-6-14-7-16(11)8-3-4-8/h6-10H,2-5H2,1H3,(H,15,17,18). The van der Waals surface area contributed by atoms with E-state index in [0.29, 0.717) is 12.5 Å². The minimum absolute atomic E-state index is 0.0145. The van der Waals surface area contributed by atoms with Crippen LogP contribution in [0.5, 0.6) is 0 Å². The van der Waals surface area contributed by atoms with Gasteiger partial charge in [0.05, 0.1) is 6.33 Å². The first kappa shape index (κ1) is 11.4. The van der Waals surface area contributed by atoms with Gasteiger partial charge in [-0.15, -0.1) is 0 Å². The number of aromatic nitrogens is 2. The topological polar surface area (TPSA) is 64.0 Å². The van der Waals surface area contributed by atoms with Gasteiger partial charge in [0.15, 0.2) is 0 Å². The maximum Gasteiger partial charge on any atom is 0.230 e. The normalized spacial score (nSPS) is 28.3. The highest BCUT2D eigenvalue weighted by Gasteiger charge is 2.38. The van der Waals surface area contributed by atoms with Crippen LogP contribution in [0.25, 0.3) is 0 Å². The number of hydrogen-bond acceptors (Lipinski definition) is 3. The summed E-state index contributed by atoms with van der Waals surface area (Å²) in [7, 11) is 0. The summed E-state index contributed by atoms with van der Waals surface area (Å²) in [5.41, 5.74) is 1.05. The van der Waals surface area contributed by atoms with E-state index in [1.54, 1.807) is 0 Å². The maximum atomic E-state index is 11.9. The van der Waals surface area contributed by atoms with Gasteiger partial charge in [-0.1, -0.05) is 6.92 Å². The lowest BCUT2D eigenvalue weighted by atomic mass is 9.81. The van der Waals surface area contributed by atoms with Gasteiger partial charge in [0.1, 0.15) is 0 Å². The summed E-state index contributed by atoms with van der Waals surface area (Å²) in [6.45, 7) is 1.99. The molecule has 96 valence electrons. The molecule has 1 saturated heterocycles. The Labute approximate surface area is 106 Å². The molecular weight excluding hydrogens is 230 g/mol. The van der Waals surface area contributed by atoms with Crippen LogP contribution in [-0.2, 0) is 9.59 Å². The van der Waals surface area contributed by atoms with Crippen LogP contribution in [0.15, 0.2) is 12.5 Å². The predicted molar refractivity (Wildman–Crippen MR) is 64.8 cm³/mol. The van der Waals surface area contributed by atoms with E-state index in [4.69, 9.17) is 0 Å². The Kier molecular flexibility index (Phi) is 2.69. The van der Waals surface area contributed by atoms with Gasteiger partial charge in [0, 0.05) is 36.2 Å². The molecule has 1 aliphatic heterocycles. The molecule has 5 heteroatoms. The molecule has 1 aliphatic carbocycles. The van der Waals surface area contributed by atoms with Crippen LogP contribution in [0.3, 0.4) is 0 Å². The SMILES string of the molecule is CCC1C(=O)NC(=O)CC1c1cncn1C1CC1. The Balaban J connectivity index is 1.94. The smallest absolute Gasteiger partial charge is 0.230 e. The zero-order chi connectivity index (χ0) is 12.7. The highest BCUT2D eigenvalue weighted by atomic mass is 16.2. The fourth-order valence-corrected chi connectivity index (χ4v) is 2.85. The average Bonchev–Trinajstić information content (AvgIpc) is 3.06. The second kappa shape index (κ2) is 4.23. The van der Waals surface area contributed by atoms with E-state index in [-0.39, 0.29) is 23.7 Å². The van der Waals surface area contributed by atoms with Crippen molar-refractivity contribution in [1.82, 2.24) is 14.9 Å². The third kappa shape index (κ3) is 1.83. The number of carbonyl (C=O) groups is 2. The first-order valence-electron chi connectivity index (χ1n) is 6.56. The van der Waals surface area contributed by atoms with E-state index < -0.39 is 0 Å². The Morgan fingerprint density at radius 3 is 2.89 bits per heavy atom.